The lowest BCUT2D eigenvalue weighted by molar-refractivity contribution is -0.144. The largest absolute Gasteiger partial charge is 0.461 e. The zero-order valence-corrected chi connectivity index (χ0v) is 30.8. The Morgan fingerprint density at radius 2 is 0.940 bits per heavy atom. The van der Waals surface area contributed by atoms with E-state index in [9.17, 15) is 28.8 Å². The van der Waals surface area contributed by atoms with Crippen molar-refractivity contribution < 1.29 is 38.2 Å². The molecule has 12 nitrogen and oxygen atoms in total. The van der Waals surface area contributed by atoms with Crippen LogP contribution in [-0.4, -0.2) is 93.8 Å². The zero-order valence-electron chi connectivity index (χ0n) is 27.6. The second-order valence-electron chi connectivity index (χ2n) is 12.4. The van der Waals surface area contributed by atoms with Gasteiger partial charge < -0.3 is 19.3 Å². The summed E-state index contributed by atoms with van der Waals surface area (Å²) in [5, 5.41) is 0. The van der Waals surface area contributed by atoms with Gasteiger partial charge in [-0.2, -0.15) is 0 Å². The minimum Gasteiger partial charge on any atom is -0.461 e. The minimum atomic E-state index is -0.806. The number of nitrogens with zero attached hydrogens (tertiary/aromatic N) is 4. The number of halogens is 2. The van der Waals surface area contributed by atoms with Crippen molar-refractivity contribution in [3.05, 3.63) is 80.8 Å². The maximum absolute atomic E-state index is 13.5. The smallest absolute Gasteiger partial charge is 0.327 e. The number of carbonyl (C=O) groups excluding carboxylic acids is 6. The molecule has 4 bridgehead atoms. The molecule has 0 saturated carbocycles. The average Bonchev–Trinajstić information content (AvgIpc) is 3.45. The fourth-order valence-corrected chi connectivity index (χ4v) is 6.78. The number of ether oxygens (including phenoxy) is 2. The number of cyclic esters (lactones) is 2. The summed E-state index contributed by atoms with van der Waals surface area (Å²) in [6, 6.07) is 12.5. The molecule has 2 fully saturated rings. The van der Waals surface area contributed by atoms with Crippen molar-refractivity contribution in [2.75, 3.05) is 26.3 Å². The first-order valence-corrected chi connectivity index (χ1v) is 18.4. The van der Waals surface area contributed by atoms with E-state index < -0.39 is 36.1 Å². The number of benzene rings is 2. The first kappa shape index (κ1) is 37.2. The number of fused-ring (bicyclic) bond motifs is 4. The van der Waals surface area contributed by atoms with Gasteiger partial charge in [0.25, 0.3) is 11.8 Å². The van der Waals surface area contributed by atoms with Crippen LogP contribution in [0.2, 0.25) is 0 Å². The van der Waals surface area contributed by atoms with Crippen molar-refractivity contribution >= 4 is 67.7 Å². The molecule has 266 valence electrons. The third kappa shape index (κ3) is 9.59. The third-order valence-electron chi connectivity index (χ3n) is 8.95. The highest BCUT2D eigenvalue weighted by Crippen LogP contribution is 2.27. The normalized spacial score (nSPS) is 22.8. The molecular formula is C36H40Br2N4O8. The standard InChI is InChI=1S/C36H40Br2N4O8/c37-27-11-7-25(8-12-27)23-41-29-15-17-31(43)49-21-5-6-22-50-32(44)18-16-30-34(46)40(20-4-2-1-3-19-39(33(29)45)35(41)47)36(48)42(30)24-26-9-13-28(38)14-10-26/h5-14,29-30H,1-4,15-24H2/b6-5+. The molecule has 0 aliphatic carbocycles. The fraction of sp³-hybridized carbons (Fsp3) is 0.444. The summed E-state index contributed by atoms with van der Waals surface area (Å²) < 4.78 is 12.3. The molecule has 3 aliphatic rings. The van der Waals surface area contributed by atoms with Crippen LogP contribution >= 0.6 is 31.9 Å². The van der Waals surface area contributed by atoms with Gasteiger partial charge in [0.2, 0.25) is 0 Å². The van der Waals surface area contributed by atoms with Gasteiger partial charge in [-0.1, -0.05) is 69.0 Å². The summed E-state index contributed by atoms with van der Waals surface area (Å²) in [5.41, 5.74) is 1.70. The van der Waals surface area contributed by atoms with E-state index in [1.807, 2.05) is 48.5 Å². The maximum atomic E-state index is 13.5. The maximum Gasteiger partial charge on any atom is 0.327 e. The van der Waals surface area contributed by atoms with E-state index in [0.717, 1.165) is 20.1 Å². The van der Waals surface area contributed by atoms with Crippen molar-refractivity contribution in [2.45, 2.75) is 76.5 Å². The monoisotopic (exact) mass is 814 g/mol. The van der Waals surface area contributed by atoms with E-state index in [1.54, 1.807) is 12.2 Å². The molecule has 2 unspecified atom stereocenters. The highest BCUT2D eigenvalue weighted by atomic mass is 79.9. The molecule has 3 aliphatic heterocycles. The van der Waals surface area contributed by atoms with Crippen LogP contribution < -0.4 is 0 Å². The summed E-state index contributed by atoms with van der Waals surface area (Å²) in [6.07, 6.45) is 5.67. The summed E-state index contributed by atoms with van der Waals surface area (Å²) >= 11 is 6.83. The molecule has 6 amide bonds. The van der Waals surface area contributed by atoms with E-state index in [2.05, 4.69) is 31.9 Å². The van der Waals surface area contributed by atoms with Crippen LogP contribution in [0, 0.1) is 0 Å². The van der Waals surface area contributed by atoms with Gasteiger partial charge in [-0.05, 0) is 73.2 Å². The van der Waals surface area contributed by atoms with Gasteiger partial charge in [-0.3, -0.25) is 29.0 Å². The van der Waals surface area contributed by atoms with Crippen molar-refractivity contribution in [1.82, 2.24) is 19.6 Å². The molecule has 2 aromatic carbocycles. The van der Waals surface area contributed by atoms with Crippen LogP contribution in [0.15, 0.2) is 69.6 Å². The molecule has 5 rings (SSSR count). The van der Waals surface area contributed by atoms with Gasteiger partial charge in [0, 0.05) is 48.0 Å². The molecule has 50 heavy (non-hydrogen) atoms. The van der Waals surface area contributed by atoms with E-state index in [1.165, 1.54) is 19.6 Å². The Kier molecular flexibility index (Phi) is 13.2. The number of esters is 2. The molecule has 2 aromatic rings. The van der Waals surface area contributed by atoms with Gasteiger partial charge in [0.05, 0.1) is 0 Å². The Labute approximate surface area is 308 Å². The quantitative estimate of drug-likeness (QED) is 0.210. The van der Waals surface area contributed by atoms with Crippen LogP contribution in [0.3, 0.4) is 0 Å². The highest BCUT2D eigenvalue weighted by Gasteiger charge is 2.46. The van der Waals surface area contributed by atoms with Gasteiger partial charge in [0.1, 0.15) is 25.3 Å². The van der Waals surface area contributed by atoms with Crippen molar-refractivity contribution in [3.8, 4) is 0 Å². The lowest BCUT2D eigenvalue weighted by Crippen LogP contribution is -2.35. The number of rotatable bonds is 4. The molecule has 3 heterocycles. The first-order valence-electron chi connectivity index (χ1n) is 16.8. The number of hydrogen-bond acceptors (Lipinski definition) is 8. The van der Waals surface area contributed by atoms with Crippen LogP contribution in [0.5, 0.6) is 0 Å². The molecule has 0 radical (unpaired) electrons. The Morgan fingerprint density at radius 1 is 0.560 bits per heavy atom. The number of carbonyl (C=O) groups is 6. The minimum absolute atomic E-state index is 0.0505. The second kappa shape index (κ2) is 17.8. The summed E-state index contributed by atoms with van der Waals surface area (Å²) in [7, 11) is 0. The Balaban J connectivity index is 1.27. The topological polar surface area (TPSA) is 134 Å². The van der Waals surface area contributed by atoms with E-state index >= 15 is 0 Å². The van der Waals surface area contributed by atoms with E-state index in [0.29, 0.717) is 25.7 Å². The summed E-state index contributed by atoms with van der Waals surface area (Å²) in [6.45, 7) is 0.771. The van der Waals surface area contributed by atoms with Gasteiger partial charge in [-0.25, -0.2) is 9.59 Å². The Bertz CT molecular complexity index is 1480. The van der Waals surface area contributed by atoms with Crippen LogP contribution in [-0.2, 0) is 41.7 Å². The molecule has 14 heteroatoms. The molecule has 0 spiro atoms. The highest BCUT2D eigenvalue weighted by molar-refractivity contribution is 9.10. The Hall–Kier alpha value is -4.04. The lowest BCUT2D eigenvalue weighted by atomic mass is 10.1. The number of imide groups is 2. The SMILES string of the molecule is O=C1CCC2C(=O)N(CCCCCCN3C(=O)C(CCC(=O)OC/C=C/CO1)N(Cc1ccc(Br)cc1)C3=O)C(=O)N2Cc1ccc(Br)cc1. The van der Waals surface area contributed by atoms with Crippen LogP contribution in [0.4, 0.5) is 9.59 Å². The van der Waals surface area contributed by atoms with Gasteiger partial charge in [0.15, 0.2) is 0 Å². The number of urea groups is 2. The van der Waals surface area contributed by atoms with E-state index in [-0.39, 0.29) is 76.9 Å². The number of amides is 6. The van der Waals surface area contributed by atoms with Crippen LogP contribution in [0.25, 0.3) is 0 Å². The fourth-order valence-electron chi connectivity index (χ4n) is 6.26. The molecular weight excluding hydrogens is 776 g/mol. The summed E-state index contributed by atoms with van der Waals surface area (Å²) in [5.74, 6) is -1.72. The molecule has 0 aromatic heterocycles. The predicted molar refractivity (Wildman–Crippen MR) is 189 cm³/mol. The van der Waals surface area contributed by atoms with Crippen molar-refractivity contribution in [3.63, 3.8) is 0 Å². The molecule has 2 saturated heterocycles. The molecule has 0 N–H and O–H groups in total. The van der Waals surface area contributed by atoms with Crippen LogP contribution in [0.1, 0.15) is 62.5 Å². The first-order chi connectivity index (χ1) is 24.1. The van der Waals surface area contributed by atoms with Gasteiger partial charge >= 0.3 is 24.0 Å². The lowest BCUT2D eigenvalue weighted by Gasteiger charge is -2.22. The predicted octanol–water partition coefficient (Wildman–Crippen LogP) is 5.95. The van der Waals surface area contributed by atoms with Gasteiger partial charge in [-0.15, -0.1) is 0 Å². The van der Waals surface area contributed by atoms with E-state index in [4.69, 9.17) is 9.47 Å². The van der Waals surface area contributed by atoms with Crippen molar-refractivity contribution in [1.29, 1.82) is 0 Å². The number of hydrogen-bond donors (Lipinski definition) is 0. The zero-order chi connectivity index (χ0) is 35.6. The average molecular weight is 817 g/mol. The van der Waals surface area contributed by atoms with Crippen molar-refractivity contribution in [2.24, 2.45) is 0 Å². The third-order valence-corrected chi connectivity index (χ3v) is 10.0. The molecule has 2 atom stereocenters. The second-order valence-corrected chi connectivity index (χ2v) is 14.2. The summed E-state index contributed by atoms with van der Waals surface area (Å²) in [4.78, 5) is 84.7. The Morgan fingerprint density at radius 3 is 1.32 bits per heavy atom.